The molecule has 58 valence electrons. The minimum atomic E-state index is -1.38. The van der Waals surface area contributed by atoms with Crippen LogP contribution in [0.2, 0.25) is 0 Å². The van der Waals surface area contributed by atoms with Crippen LogP contribution in [-0.4, -0.2) is 20.4 Å². The van der Waals surface area contributed by atoms with E-state index in [1.807, 2.05) is 0 Å². The summed E-state index contributed by atoms with van der Waals surface area (Å²) in [4.78, 5) is 19.6. The van der Waals surface area contributed by atoms with Gasteiger partial charge in [0.2, 0.25) is 5.69 Å². The fraction of sp³-hybridized carbons (Fsp3) is 0. The minimum absolute atomic E-state index is 0.456. The first-order chi connectivity index (χ1) is 5.13. The Balaban J connectivity index is 3.16. The van der Waals surface area contributed by atoms with Gasteiger partial charge in [0.05, 0.1) is 10.3 Å². The molecule has 1 aromatic heterocycles. The van der Waals surface area contributed by atoms with Crippen molar-refractivity contribution in [3.63, 3.8) is 0 Å². The third-order valence-corrected chi connectivity index (χ3v) is 1.57. The molecule has 0 aliphatic rings. The number of carbonyl (C=O) groups is 1. The number of carboxylic acids is 1. The summed E-state index contributed by atoms with van der Waals surface area (Å²) in [5.74, 6) is -1.38. The molecule has 1 rings (SSSR count). The van der Waals surface area contributed by atoms with E-state index in [1.54, 1.807) is 0 Å². The lowest BCUT2D eigenvalue weighted by Gasteiger charge is -1.85. The molecule has 0 saturated heterocycles. The second-order valence-electron chi connectivity index (χ2n) is 1.61. The van der Waals surface area contributed by atoms with E-state index in [0.717, 1.165) is 16.9 Å². The number of rotatable bonds is 2. The van der Waals surface area contributed by atoms with E-state index in [4.69, 9.17) is 5.11 Å². The number of aromatic carboxylic acids is 1. The predicted octanol–water partition coefficient (Wildman–Crippen LogP) is 0.749. The van der Waals surface area contributed by atoms with E-state index in [1.165, 1.54) is 0 Å². The maximum Gasteiger partial charge on any atom is 0.362 e. The predicted molar refractivity (Wildman–Crippen MR) is 35.7 cm³/mol. The average Bonchev–Trinajstić information content (AvgIpc) is 2.32. The summed E-state index contributed by atoms with van der Waals surface area (Å²) in [6, 6.07) is 0. The average molecular weight is 174 g/mol. The van der Waals surface area contributed by atoms with Crippen LogP contribution >= 0.6 is 11.5 Å². The fourth-order valence-corrected chi connectivity index (χ4v) is 1.14. The maximum absolute atomic E-state index is 10.2. The number of hydrogen-bond donors (Lipinski definition) is 1. The van der Waals surface area contributed by atoms with Crippen molar-refractivity contribution >= 4 is 23.2 Å². The molecule has 1 aromatic rings. The Bertz CT molecular complexity index is 278. The highest BCUT2D eigenvalue weighted by molar-refractivity contribution is 7.04. The lowest BCUT2D eigenvalue weighted by atomic mass is 10.4. The standard InChI is InChI=1S/C4H2N2O4S/c7-4(8)3-2(6(9)10)1-11-5-3/h1H,(H,7,8). The highest BCUT2D eigenvalue weighted by atomic mass is 32.1. The molecule has 6 nitrogen and oxygen atoms in total. The van der Waals surface area contributed by atoms with Gasteiger partial charge in [0.25, 0.3) is 0 Å². The topological polar surface area (TPSA) is 93.3 Å². The first-order valence-electron chi connectivity index (χ1n) is 2.45. The molecule has 0 aliphatic carbocycles. The number of nitrogens with zero attached hydrogens (tertiary/aromatic N) is 2. The molecule has 0 atom stereocenters. The van der Waals surface area contributed by atoms with Crippen LogP contribution in [-0.2, 0) is 0 Å². The first kappa shape index (κ1) is 7.61. The molecular weight excluding hydrogens is 172 g/mol. The quantitative estimate of drug-likeness (QED) is 0.527. The molecule has 0 bridgehead atoms. The van der Waals surface area contributed by atoms with Crippen LogP contribution < -0.4 is 0 Å². The number of nitro groups is 1. The van der Waals surface area contributed by atoms with Crippen LogP contribution in [0.25, 0.3) is 0 Å². The minimum Gasteiger partial charge on any atom is -0.476 e. The summed E-state index contributed by atoms with van der Waals surface area (Å²) in [5.41, 5.74) is -0.956. The summed E-state index contributed by atoms with van der Waals surface area (Å²) in [6.07, 6.45) is 0. The van der Waals surface area contributed by atoms with Crippen molar-refractivity contribution < 1.29 is 14.8 Å². The van der Waals surface area contributed by atoms with Crippen molar-refractivity contribution in [3.8, 4) is 0 Å². The fourth-order valence-electron chi connectivity index (χ4n) is 0.510. The second kappa shape index (κ2) is 2.62. The van der Waals surface area contributed by atoms with Crippen LogP contribution in [0.4, 0.5) is 5.69 Å². The van der Waals surface area contributed by atoms with Gasteiger partial charge in [-0.15, -0.1) is 0 Å². The van der Waals surface area contributed by atoms with Gasteiger partial charge in [0.15, 0.2) is 0 Å². The molecule has 7 heteroatoms. The third-order valence-electron chi connectivity index (χ3n) is 0.950. The van der Waals surface area contributed by atoms with Gasteiger partial charge < -0.3 is 5.11 Å². The Morgan fingerprint density at radius 1 is 1.82 bits per heavy atom. The Labute approximate surface area is 64.4 Å². The Kier molecular flexibility index (Phi) is 1.81. The van der Waals surface area contributed by atoms with Gasteiger partial charge in [0.1, 0.15) is 0 Å². The van der Waals surface area contributed by atoms with Crippen LogP contribution in [0.3, 0.4) is 0 Å². The molecule has 0 fully saturated rings. The molecule has 0 aliphatic heterocycles. The molecular formula is C4H2N2O4S. The maximum atomic E-state index is 10.2. The number of carboxylic acid groups (broad SMARTS) is 1. The molecule has 0 unspecified atom stereocenters. The number of aromatic nitrogens is 1. The van der Waals surface area contributed by atoms with Crippen LogP contribution in [0.5, 0.6) is 0 Å². The Hall–Kier alpha value is -1.50. The summed E-state index contributed by atoms with van der Waals surface area (Å²) in [5, 5.41) is 19.5. The summed E-state index contributed by atoms with van der Waals surface area (Å²) in [7, 11) is 0. The normalized spacial score (nSPS) is 9.45. The van der Waals surface area contributed by atoms with Crippen molar-refractivity contribution in [2.45, 2.75) is 0 Å². The Morgan fingerprint density at radius 3 is 2.82 bits per heavy atom. The molecule has 1 heterocycles. The molecule has 11 heavy (non-hydrogen) atoms. The van der Waals surface area contributed by atoms with Crippen molar-refractivity contribution in [2.24, 2.45) is 0 Å². The van der Waals surface area contributed by atoms with Crippen LogP contribution in [0, 0.1) is 10.1 Å². The molecule has 0 saturated carbocycles. The van der Waals surface area contributed by atoms with E-state index < -0.39 is 22.3 Å². The van der Waals surface area contributed by atoms with Gasteiger partial charge >= 0.3 is 11.7 Å². The first-order valence-corrected chi connectivity index (χ1v) is 3.28. The van der Waals surface area contributed by atoms with Crippen LogP contribution in [0.15, 0.2) is 5.38 Å². The molecule has 0 amide bonds. The Morgan fingerprint density at radius 2 is 2.45 bits per heavy atom. The highest BCUT2D eigenvalue weighted by Crippen LogP contribution is 2.18. The van der Waals surface area contributed by atoms with Crippen molar-refractivity contribution in [2.75, 3.05) is 0 Å². The van der Waals surface area contributed by atoms with Crippen LogP contribution in [0.1, 0.15) is 10.5 Å². The smallest absolute Gasteiger partial charge is 0.362 e. The zero-order valence-corrected chi connectivity index (χ0v) is 5.87. The van der Waals surface area contributed by atoms with Crippen molar-refractivity contribution in [1.29, 1.82) is 0 Å². The summed E-state index contributed by atoms with van der Waals surface area (Å²) in [6.45, 7) is 0. The zero-order chi connectivity index (χ0) is 8.43. The lowest BCUT2D eigenvalue weighted by molar-refractivity contribution is -0.385. The molecule has 0 radical (unpaired) electrons. The van der Waals surface area contributed by atoms with Crippen molar-refractivity contribution in [1.82, 2.24) is 4.37 Å². The number of hydrogen-bond acceptors (Lipinski definition) is 5. The van der Waals surface area contributed by atoms with E-state index in [2.05, 4.69) is 4.37 Å². The monoisotopic (exact) mass is 174 g/mol. The van der Waals surface area contributed by atoms with Gasteiger partial charge in [0, 0.05) is 0 Å². The van der Waals surface area contributed by atoms with E-state index >= 15 is 0 Å². The SMILES string of the molecule is O=C(O)c1nscc1[N+](=O)[O-]. The van der Waals surface area contributed by atoms with Gasteiger partial charge in [-0.3, -0.25) is 10.1 Å². The third kappa shape index (κ3) is 1.32. The molecule has 1 N–H and O–H groups in total. The largest absolute Gasteiger partial charge is 0.476 e. The second-order valence-corrected chi connectivity index (χ2v) is 2.24. The lowest BCUT2D eigenvalue weighted by Crippen LogP contribution is -2.00. The van der Waals surface area contributed by atoms with Gasteiger partial charge in [-0.1, -0.05) is 0 Å². The molecule has 0 aromatic carbocycles. The summed E-state index contributed by atoms with van der Waals surface area (Å²) < 4.78 is 3.34. The van der Waals surface area contributed by atoms with E-state index in [9.17, 15) is 14.9 Å². The van der Waals surface area contributed by atoms with Gasteiger partial charge in [-0.05, 0) is 11.5 Å². The summed E-state index contributed by atoms with van der Waals surface area (Å²) >= 11 is 0.750. The van der Waals surface area contributed by atoms with E-state index in [-0.39, 0.29) is 0 Å². The van der Waals surface area contributed by atoms with Gasteiger partial charge in [-0.25, -0.2) is 4.79 Å². The van der Waals surface area contributed by atoms with Crippen molar-refractivity contribution in [3.05, 3.63) is 21.2 Å². The molecule has 0 spiro atoms. The van der Waals surface area contributed by atoms with E-state index in [0.29, 0.717) is 0 Å². The zero-order valence-electron chi connectivity index (χ0n) is 5.05. The highest BCUT2D eigenvalue weighted by Gasteiger charge is 2.22. The van der Waals surface area contributed by atoms with Gasteiger partial charge in [-0.2, -0.15) is 4.37 Å².